The Bertz CT molecular complexity index is 1050. The highest BCUT2D eigenvalue weighted by molar-refractivity contribution is 5.82. The van der Waals surface area contributed by atoms with Crippen molar-refractivity contribution in [3.8, 4) is 0 Å². The van der Waals surface area contributed by atoms with Gasteiger partial charge in [-0.1, -0.05) is 0 Å². The maximum Gasteiger partial charge on any atom is 0.229 e. The fraction of sp³-hybridized carbons (Fsp3) is 0.609. The topological polar surface area (TPSA) is 103 Å². The summed E-state index contributed by atoms with van der Waals surface area (Å²) in [5.74, 6) is 3.62. The minimum Gasteiger partial charge on any atom is -0.369 e. The highest BCUT2D eigenvalue weighted by Crippen LogP contribution is 2.25. The molecule has 11 nitrogen and oxygen atoms in total. The van der Waals surface area contributed by atoms with E-state index in [9.17, 15) is 0 Å². The second kappa shape index (κ2) is 10.4. The second-order valence-electron chi connectivity index (χ2n) is 9.21. The molecule has 0 saturated carbocycles. The Balaban J connectivity index is 1.13. The molecule has 5 rings (SSSR count). The van der Waals surface area contributed by atoms with Gasteiger partial charge < -0.3 is 29.9 Å². The molecule has 2 aliphatic rings. The smallest absolute Gasteiger partial charge is 0.229 e. The van der Waals surface area contributed by atoms with E-state index in [1.807, 2.05) is 11.6 Å². The predicted molar refractivity (Wildman–Crippen MR) is 136 cm³/mol. The van der Waals surface area contributed by atoms with E-state index >= 15 is 0 Å². The van der Waals surface area contributed by atoms with Gasteiger partial charge in [-0.15, -0.1) is 0 Å². The summed E-state index contributed by atoms with van der Waals surface area (Å²) >= 11 is 0. The zero-order valence-corrected chi connectivity index (χ0v) is 20.2. The van der Waals surface area contributed by atoms with Crippen LogP contribution < -0.4 is 20.4 Å². The Morgan fingerprint density at radius 2 is 1.59 bits per heavy atom. The van der Waals surface area contributed by atoms with Gasteiger partial charge in [-0.05, 0) is 32.7 Å². The lowest BCUT2D eigenvalue weighted by atomic mass is 10.4. The molecule has 11 heteroatoms. The lowest BCUT2D eigenvalue weighted by Gasteiger charge is -2.22. The average molecular weight is 466 g/mol. The van der Waals surface area contributed by atoms with Gasteiger partial charge in [0.15, 0.2) is 11.5 Å². The molecule has 5 heterocycles. The van der Waals surface area contributed by atoms with Gasteiger partial charge in [-0.25, -0.2) is 15.0 Å². The van der Waals surface area contributed by atoms with Gasteiger partial charge >= 0.3 is 0 Å². The fourth-order valence-corrected chi connectivity index (χ4v) is 4.61. The molecule has 0 spiro atoms. The summed E-state index contributed by atoms with van der Waals surface area (Å²) in [6.45, 7) is 7.68. The van der Waals surface area contributed by atoms with E-state index in [0.29, 0.717) is 0 Å². The van der Waals surface area contributed by atoms with Gasteiger partial charge in [-0.3, -0.25) is 0 Å². The molecular formula is C23H35N11. The second-order valence-corrected chi connectivity index (χ2v) is 9.21. The summed E-state index contributed by atoms with van der Waals surface area (Å²) in [4.78, 5) is 29.8. The van der Waals surface area contributed by atoms with Crippen molar-refractivity contribution in [1.82, 2.24) is 34.4 Å². The molecule has 0 aliphatic carbocycles. The molecule has 0 bridgehead atoms. The molecule has 0 amide bonds. The lowest BCUT2D eigenvalue weighted by molar-refractivity contribution is 0.360. The quantitative estimate of drug-likeness (QED) is 0.461. The summed E-state index contributed by atoms with van der Waals surface area (Å²) in [6.07, 6.45) is 8.27. The molecule has 0 aromatic carbocycles. The Labute approximate surface area is 200 Å². The van der Waals surface area contributed by atoms with E-state index < -0.39 is 0 Å². The Morgan fingerprint density at radius 1 is 0.882 bits per heavy atom. The molecule has 34 heavy (non-hydrogen) atoms. The summed E-state index contributed by atoms with van der Waals surface area (Å²) in [6, 6.07) is 2.11. The molecule has 0 unspecified atom stereocenters. The first-order valence-corrected chi connectivity index (χ1v) is 12.3. The van der Waals surface area contributed by atoms with Crippen molar-refractivity contribution in [2.75, 3.05) is 79.8 Å². The largest absolute Gasteiger partial charge is 0.369 e. The molecule has 182 valence electrons. The maximum atomic E-state index is 4.90. The number of hydrogen-bond acceptors (Lipinski definition) is 10. The average Bonchev–Trinajstić information content (AvgIpc) is 3.62. The Hall–Kier alpha value is -3.21. The number of nitrogens with one attached hydrogen (secondary N) is 2. The van der Waals surface area contributed by atoms with Gasteiger partial charge in [0.2, 0.25) is 5.95 Å². The summed E-state index contributed by atoms with van der Waals surface area (Å²) in [5.41, 5.74) is 1.64. The molecule has 2 aliphatic heterocycles. The van der Waals surface area contributed by atoms with E-state index in [4.69, 9.17) is 9.97 Å². The number of rotatable bonds is 10. The van der Waals surface area contributed by atoms with Crippen molar-refractivity contribution in [3.05, 3.63) is 18.7 Å². The van der Waals surface area contributed by atoms with E-state index in [1.165, 1.54) is 25.7 Å². The molecule has 2 saturated heterocycles. The van der Waals surface area contributed by atoms with Gasteiger partial charge in [0, 0.05) is 65.5 Å². The van der Waals surface area contributed by atoms with Crippen LogP contribution in [-0.4, -0.2) is 93.8 Å². The molecular weight excluding hydrogens is 430 g/mol. The van der Waals surface area contributed by atoms with Crippen LogP contribution in [0.5, 0.6) is 0 Å². The predicted octanol–water partition coefficient (Wildman–Crippen LogP) is 1.81. The molecule has 3 aromatic rings. The van der Waals surface area contributed by atoms with Crippen LogP contribution in [0.3, 0.4) is 0 Å². The third kappa shape index (κ3) is 5.14. The zero-order chi connectivity index (χ0) is 23.3. The normalized spacial score (nSPS) is 16.2. The van der Waals surface area contributed by atoms with Crippen LogP contribution in [0.25, 0.3) is 11.2 Å². The van der Waals surface area contributed by atoms with Crippen molar-refractivity contribution in [3.63, 3.8) is 0 Å². The zero-order valence-electron chi connectivity index (χ0n) is 20.2. The number of nitrogens with zero attached hydrogens (tertiary/aromatic N) is 9. The molecule has 2 N–H and O–H groups in total. The minimum atomic E-state index is 0.780. The summed E-state index contributed by atoms with van der Waals surface area (Å²) in [7, 11) is 4.07. The third-order valence-electron chi connectivity index (χ3n) is 6.60. The fourth-order valence-electron chi connectivity index (χ4n) is 4.61. The highest BCUT2D eigenvalue weighted by Gasteiger charge is 2.20. The van der Waals surface area contributed by atoms with Crippen molar-refractivity contribution >= 4 is 34.6 Å². The third-order valence-corrected chi connectivity index (χ3v) is 6.60. The van der Waals surface area contributed by atoms with Crippen LogP contribution in [-0.2, 0) is 7.05 Å². The van der Waals surface area contributed by atoms with Crippen LogP contribution in [0.1, 0.15) is 25.7 Å². The van der Waals surface area contributed by atoms with Crippen molar-refractivity contribution in [2.24, 2.45) is 7.05 Å². The first kappa shape index (κ1) is 22.6. The van der Waals surface area contributed by atoms with Crippen molar-refractivity contribution in [1.29, 1.82) is 0 Å². The first-order chi connectivity index (χ1) is 16.7. The van der Waals surface area contributed by atoms with E-state index in [2.05, 4.69) is 53.4 Å². The number of anilines is 4. The molecule has 3 aromatic heterocycles. The Morgan fingerprint density at radius 3 is 2.35 bits per heavy atom. The number of aryl methyl sites for hydroxylation is 1. The minimum absolute atomic E-state index is 0.780. The van der Waals surface area contributed by atoms with Gasteiger partial charge in [0.1, 0.15) is 23.5 Å². The van der Waals surface area contributed by atoms with Crippen LogP contribution in [0, 0.1) is 0 Å². The van der Waals surface area contributed by atoms with Crippen LogP contribution in [0.2, 0.25) is 0 Å². The SMILES string of the molecule is CN(CCNc1cc(N2CCCC2)nc(N2CCCC2)n1)CCNc1ncnc2c1ncn2C. The van der Waals surface area contributed by atoms with E-state index in [0.717, 1.165) is 86.9 Å². The summed E-state index contributed by atoms with van der Waals surface area (Å²) in [5, 5.41) is 6.94. The highest BCUT2D eigenvalue weighted by atomic mass is 15.3. The van der Waals surface area contributed by atoms with Gasteiger partial charge in [-0.2, -0.15) is 9.97 Å². The number of likely N-dealkylation sites (N-methyl/N-ethyl adjacent to an activating group) is 1. The lowest BCUT2D eigenvalue weighted by Crippen LogP contribution is -2.30. The molecule has 0 radical (unpaired) electrons. The number of fused-ring (bicyclic) bond motifs is 1. The van der Waals surface area contributed by atoms with E-state index in [-0.39, 0.29) is 0 Å². The van der Waals surface area contributed by atoms with E-state index in [1.54, 1.807) is 12.7 Å². The number of imidazole rings is 1. The van der Waals surface area contributed by atoms with Crippen LogP contribution in [0.15, 0.2) is 18.7 Å². The maximum absolute atomic E-state index is 4.90. The molecule has 2 fully saturated rings. The summed E-state index contributed by atoms with van der Waals surface area (Å²) < 4.78 is 1.90. The number of hydrogen-bond donors (Lipinski definition) is 2. The van der Waals surface area contributed by atoms with Gasteiger partial charge in [0.05, 0.1) is 6.33 Å². The number of aromatic nitrogens is 6. The van der Waals surface area contributed by atoms with Crippen molar-refractivity contribution in [2.45, 2.75) is 25.7 Å². The van der Waals surface area contributed by atoms with Crippen molar-refractivity contribution < 1.29 is 0 Å². The van der Waals surface area contributed by atoms with Gasteiger partial charge in [0.25, 0.3) is 0 Å². The standard InChI is InChI=1S/C23H35N11/c1-31(14-8-25-21-20-22(27-16-26-21)32(2)17-28-20)13-7-24-18-15-19(33-9-3-4-10-33)30-23(29-18)34-11-5-6-12-34/h15-17H,3-14H2,1-2H3,(H,24,29,30)(H,25,26,27). The molecule has 0 atom stereocenters. The Kier molecular flexibility index (Phi) is 6.89. The van der Waals surface area contributed by atoms with Crippen LogP contribution >= 0.6 is 0 Å². The van der Waals surface area contributed by atoms with Crippen LogP contribution in [0.4, 0.5) is 23.4 Å². The first-order valence-electron chi connectivity index (χ1n) is 12.3. The monoisotopic (exact) mass is 465 g/mol.